The van der Waals surface area contributed by atoms with Gasteiger partial charge in [-0.1, -0.05) is 128 Å². The SMILES string of the molecule is [2H]C([2H])([2H])c1c[c-]c(-c2ccc([Si](C)(C)C)cn2)cc1.[Ir].[c-]1ccc2c(oc3cc(-c4ccccc4)ccc32)c1-c1cc(-c2ccccc2)ccn1. The van der Waals surface area contributed by atoms with E-state index < -0.39 is 14.9 Å². The van der Waals surface area contributed by atoms with E-state index in [0.29, 0.717) is 5.56 Å². The molecule has 0 spiro atoms. The second-order valence-corrected chi connectivity index (χ2v) is 17.8. The molecule has 49 heavy (non-hydrogen) atoms. The van der Waals surface area contributed by atoms with Crippen LogP contribution in [0.25, 0.3) is 66.7 Å². The van der Waals surface area contributed by atoms with Crippen molar-refractivity contribution in [2.75, 3.05) is 0 Å². The second kappa shape index (κ2) is 14.7. The summed E-state index contributed by atoms with van der Waals surface area (Å²) in [5, 5.41) is 3.49. The predicted octanol–water partition coefficient (Wildman–Crippen LogP) is 11.2. The third-order valence-electron chi connectivity index (χ3n) is 8.38. The summed E-state index contributed by atoms with van der Waals surface area (Å²) in [7, 11) is -1.34. The molecule has 0 aliphatic heterocycles. The molecule has 0 bridgehead atoms. The summed E-state index contributed by atoms with van der Waals surface area (Å²) in [6, 6.07) is 50.6. The molecule has 0 saturated heterocycles. The van der Waals surface area contributed by atoms with E-state index in [1.54, 1.807) is 12.1 Å². The summed E-state index contributed by atoms with van der Waals surface area (Å²) >= 11 is 0. The first kappa shape index (κ1) is 30.1. The van der Waals surface area contributed by atoms with Crippen molar-refractivity contribution in [1.82, 2.24) is 9.97 Å². The largest absolute Gasteiger partial charge is 0.501 e. The molecule has 0 saturated carbocycles. The van der Waals surface area contributed by atoms with Crippen LogP contribution in [0.4, 0.5) is 0 Å². The van der Waals surface area contributed by atoms with Gasteiger partial charge in [-0.15, -0.1) is 53.6 Å². The molecular weight excluding hydrogens is 793 g/mol. The minimum atomic E-state index is -2.08. The minimum absolute atomic E-state index is 0. The topological polar surface area (TPSA) is 38.9 Å². The van der Waals surface area contributed by atoms with Crippen molar-refractivity contribution in [3.8, 4) is 44.8 Å². The number of rotatable bonds is 5. The zero-order chi connectivity index (χ0) is 35.6. The fourth-order valence-electron chi connectivity index (χ4n) is 5.70. The van der Waals surface area contributed by atoms with Gasteiger partial charge in [0.2, 0.25) is 0 Å². The molecule has 0 N–H and O–H groups in total. The van der Waals surface area contributed by atoms with Crippen LogP contribution in [0.3, 0.4) is 0 Å². The number of hydrogen-bond acceptors (Lipinski definition) is 3. The van der Waals surface area contributed by atoms with Crippen LogP contribution in [-0.4, -0.2) is 18.0 Å². The third kappa shape index (κ3) is 7.55. The molecule has 3 nitrogen and oxygen atoms in total. The van der Waals surface area contributed by atoms with Gasteiger partial charge in [-0.25, -0.2) is 0 Å². The molecule has 3 aromatic heterocycles. The Labute approximate surface area is 307 Å². The molecule has 1 radical (unpaired) electrons. The van der Waals surface area contributed by atoms with Gasteiger partial charge in [-0.2, -0.15) is 0 Å². The van der Waals surface area contributed by atoms with Crippen LogP contribution in [0.2, 0.25) is 19.6 Å². The van der Waals surface area contributed by atoms with Gasteiger partial charge in [-0.3, -0.25) is 0 Å². The quantitative estimate of drug-likeness (QED) is 0.128. The number of pyridine rings is 2. The van der Waals surface area contributed by atoms with Gasteiger partial charge < -0.3 is 14.4 Å². The first-order chi connectivity index (χ1) is 24.5. The van der Waals surface area contributed by atoms with E-state index >= 15 is 0 Å². The molecule has 0 aliphatic carbocycles. The average Bonchev–Trinajstić information content (AvgIpc) is 3.53. The Kier molecular flexibility index (Phi) is 9.03. The standard InChI is InChI=1S/C29H18NO.C15H18NSi.Ir/c1-3-8-20(9-4-1)22-14-15-24-25-12-7-13-26(29(25)31-28(24)19-22)27-18-23(16-17-30-27)21-10-5-2-6-11-21;1-12-5-7-13(8-6-12)15-10-9-14(11-16-15)17(2,3)4;/h1-12,14-19H;5-7,9-11H,1-4H3;/q2*-1;/i;1D3;. The summed E-state index contributed by atoms with van der Waals surface area (Å²) < 4.78 is 28.4. The van der Waals surface area contributed by atoms with Crippen LogP contribution in [-0.2, 0) is 20.1 Å². The Morgan fingerprint density at radius 2 is 1.39 bits per heavy atom. The van der Waals surface area contributed by atoms with Gasteiger partial charge in [0, 0.05) is 42.0 Å². The Morgan fingerprint density at radius 3 is 2.02 bits per heavy atom. The van der Waals surface area contributed by atoms with Crippen LogP contribution in [0.15, 0.2) is 150 Å². The zero-order valence-electron chi connectivity index (χ0n) is 30.5. The average molecular weight is 832 g/mol. The van der Waals surface area contributed by atoms with Gasteiger partial charge in [0.1, 0.15) is 5.58 Å². The Bertz CT molecular complexity index is 2370. The fourth-order valence-corrected chi connectivity index (χ4v) is 6.74. The number of hydrogen-bond donors (Lipinski definition) is 0. The summed E-state index contributed by atoms with van der Waals surface area (Å²) in [6.45, 7) is 4.76. The van der Waals surface area contributed by atoms with Crippen molar-refractivity contribution >= 4 is 35.2 Å². The molecule has 243 valence electrons. The number of fused-ring (bicyclic) bond motifs is 3. The maximum atomic E-state index is 7.35. The Morgan fingerprint density at radius 1 is 0.653 bits per heavy atom. The third-order valence-corrected chi connectivity index (χ3v) is 10.4. The van der Waals surface area contributed by atoms with Gasteiger partial charge >= 0.3 is 0 Å². The number of aryl methyl sites for hydroxylation is 1. The molecule has 0 unspecified atom stereocenters. The molecule has 8 aromatic rings. The maximum absolute atomic E-state index is 7.35. The van der Waals surface area contributed by atoms with E-state index in [4.69, 9.17) is 8.53 Å². The molecule has 0 aliphatic rings. The summed E-state index contributed by atoms with van der Waals surface area (Å²) in [5.41, 5.74) is 9.98. The molecule has 8 rings (SSSR count). The summed E-state index contributed by atoms with van der Waals surface area (Å²) in [4.78, 5) is 9.10. The smallest absolute Gasteiger partial charge is 0.121 e. The van der Waals surface area contributed by atoms with E-state index in [0.717, 1.165) is 61.1 Å². The second-order valence-electron chi connectivity index (χ2n) is 12.7. The first-order valence-electron chi connectivity index (χ1n) is 17.5. The van der Waals surface area contributed by atoms with Gasteiger partial charge in [-0.05, 0) is 51.0 Å². The predicted molar refractivity (Wildman–Crippen MR) is 203 cm³/mol. The Balaban J connectivity index is 0.000000193. The van der Waals surface area contributed by atoms with E-state index in [-0.39, 0.29) is 20.1 Å². The van der Waals surface area contributed by atoms with Crippen LogP contribution in [0.5, 0.6) is 0 Å². The van der Waals surface area contributed by atoms with Crippen molar-refractivity contribution in [2.45, 2.75) is 26.5 Å². The van der Waals surface area contributed by atoms with E-state index in [9.17, 15) is 0 Å². The number of aromatic nitrogens is 2. The molecule has 0 amide bonds. The molecule has 5 aromatic carbocycles. The van der Waals surface area contributed by atoms with Crippen molar-refractivity contribution in [1.29, 1.82) is 0 Å². The van der Waals surface area contributed by atoms with Crippen LogP contribution < -0.4 is 5.19 Å². The normalized spacial score (nSPS) is 12.3. The number of furan rings is 1. The van der Waals surface area contributed by atoms with Gasteiger partial charge in [0.15, 0.2) is 0 Å². The number of benzene rings is 5. The molecule has 0 atom stereocenters. The number of nitrogens with zero attached hydrogens (tertiary/aromatic N) is 2. The Hall–Kier alpha value is -4.93. The van der Waals surface area contributed by atoms with Crippen molar-refractivity contribution in [3.05, 3.63) is 164 Å². The maximum Gasteiger partial charge on any atom is 0.121 e. The van der Waals surface area contributed by atoms with E-state index in [1.165, 1.54) is 16.8 Å². The first-order valence-corrected chi connectivity index (χ1v) is 19.5. The van der Waals surface area contributed by atoms with Crippen molar-refractivity contribution < 1.29 is 28.6 Å². The minimum Gasteiger partial charge on any atom is -0.501 e. The van der Waals surface area contributed by atoms with Gasteiger partial charge in [0.25, 0.3) is 0 Å². The van der Waals surface area contributed by atoms with E-state index in [2.05, 4.69) is 115 Å². The van der Waals surface area contributed by atoms with Gasteiger partial charge in [0.05, 0.1) is 13.7 Å². The zero-order valence-corrected chi connectivity index (χ0v) is 30.9. The molecule has 5 heteroatoms. The van der Waals surface area contributed by atoms with E-state index in [1.807, 2.05) is 54.9 Å². The molecule has 3 heterocycles. The van der Waals surface area contributed by atoms with Crippen molar-refractivity contribution in [2.24, 2.45) is 0 Å². The van der Waals surface area contributed by atoms with Crippen LogP contribution >= 0.6 is 0 Å². The summed E-state index contributed by atoms with van der Waals surface area (Å²) in [5.74, 6) is 0. The van der Waals surface area contributed by atoms with Crippen LogP contribution in [0, 0.1) is 19.0 Å². The fraction of sp³-hybridized carbons (Fsp3) is 0.0909. The molecule has 0 fully saturated rings. The van der Waals surface area contributed by atoms with Crippen molar-refractivity contribution in [3.63, 3.8) is 0 Å². The molecular formula is C44H36IrN2OSi-2. The summed E-state index contributed by atoms with van der Waals surface area (Å²) in [6.07, 6.45) is 3.77. The van der Waals surface area contributed by atoms with Crippen LogP contribution in [0.1, 0.15) is 9.68 Å². The monoisotopic (exact) mass is 832 g/mol.